The minimum atomic E-state index is -0.808. The smallest absolute Gasteiger partial charge is 0.138 e. The highest BCUT2D eigenvalue weighted by Gasteiger charge is 2.72. The highest BCUT2D eigenvalue weighted by atomic mass is 16.5. The molecular weight excluding hydrogens is 424 g/mol. The van der Waals surface area contributed by atoms with Crippen molar-refractivity contribution in [1.29, 1.82) is 0 Å². The maximum atomic E-state index is 12.9. The van der Waals surface area contributed by atoms with E-state index in [4.69, 9.17) is 4.74 Å². The van der Waals surface area contributed by atoms with Crippen molar-refractivity contribution in [3.05, 3.63) is 0 Å². The molecule has 10 atom stereocenters. The predicted octanol–water partition coefficient (Wildman–Crippen LogP) is 5.92. The van der Waals surface area contributed by atoms with Gasteiger partial charge in [0, 0.05) is 17.3 Å². The Morgan fingerprint density at radius 3 is 2.18 bits per heavy atom. The van der Waals surface area contributed by atoms with Crippen LogP contribution >= 0.6 is 0 Å². The van der Waals surface area contributed by atoms with Crippen LogP contribution in [0.25, 0.3) is 0 Å². The van der Waals surface area contributed by atoms with E-state index in [-0.39, 0.29) is 45.4 Å². The Morgan fingerprint density at radius 2 is 1.56 bits per heavy atom. The quantitative estimate of drug-likeness (QED) is 0.521. The number of ketones is 1. The van der Waals surface area contributed by atoms with E-state index in [0.717, 1.165) is 44.9 Å². The summed E-state index contributed by atoms with van der Waals surface area (Å²) >= 11 is 0. The summed E-state index contributed by atoms with van der Waals surface area (Å²) in [5, 5.41) is 22.6. The van der Waals surface area contributed by atoms with Crippen LogP contribution in [0.3, 0.4) is 0 Å². The fourth-order valence-electron chi connectivity index (χ4n) is 10.9. The van der Waals surface area contributed by atoms with Crippen LogP contribution in [0.2, 0.25) is 0 Å². The van der Waals surface area contributed by atoms with Gasteiger partial charge in [0.15, 0.2) is 0 Å². The normalized spacial score (nSPS) is 54.9. The number of carbonyl (C=O) groups excluding carboxylic acids is 1. The number of Topliss-reactive ketones (excluding diaryl/α,β-unsaturated/α-hetero) is 1. The number of ether oxygens (including phenoxy) is 1. The number of hydrogen-bond acceptors (Lipinski definition) is 4. The van der Waals surface area contributed by atoms with Gasteiger partial charge < -0.3 is 14.9 Å². The van der Waals surface area contributed by atoms with Crippen molar-refractivity contribution >= 4 is 5.78 Å². The molecule has 194 valence electrons. The van der Waals surface area contributed by atoms with Crippen LogP contribution in [0.15, 0.2) is 0 Å². The van der Waals surface area contributed by atoms with E-state index in [1.54, 1.807) is 0 Å². The fourth-order valence-corrected chi connectivity index (χ4v) is 10.9. The van der Waals surface area contributed by atoms with Gasteiger partial charge in [-0.25, -0.2) is 0 Å². The number of fused-ring (bicyclic) bond motifs is 5. The molecule has 4 aliphatic carbocycles. The second-order valence-corrected chi connectivity index (χ2v) is 15.1. The van der Waals surface area contributed by atoms with E-state index in [9.17, 15) is 15.0 Å². The average molecular weight is 475 g/mol. The fraction of sp³-hybridized carbons (Fsp3) is 0.967. The summed E-state index contributed by atoms with van der Waals surface area (Å²) in [5.74, 6) is 2.11. The lowest BCUT2D eigenvalue weighted by molar-refractivity contribution is -0.251. The van der Waals surface area contributed by atoms with E-state index in [0.29, 0.717) is 30.0 Å². The third-order valence-corrected chi connectivity index (χ3v) is 13.1. The summed E-state index contributed by atoms with van der Waals surface area (Å²) < 4.78 is 6.68. The van der Waals surface area contributed by atoms with Gasteiger partial charge in [0.2, 0.25) is 0 Å². The Balaban J connectivity index is 1.48. The molecule has 0 amide bonds. The van der Waals surface area contributed by atoms with Gasteiger partial charge in [0.1, 0.15) is 5.78 Å². The molecule has 5 fully saturated rings. The zero-order valence-corrected chi connectivity index (χ0v) is 23.0. The van der Waals surface area contributed by atoms with Crippen molar-refractivity contribution in [2.45, 2.75) is 137 Å². The van der Waals surface area contributed by atoms with Crippen LogP contribution in [-0.2, 0) is 9.53 Å². The van der Waals surface area contributed by atoms with Crippen LogP contribution in [0.4, 0.5) is 0 Å². The molecule has 0 aromatic carbocycles. The minimum Gasteiger partial charge on any atom is -0.393 e. The third-order valence-electron chi connectivity index (χ3n) is 13.1. The Bertz CT molecular complexity index is 858. The first-order valence-corrected chi connectivity index (χ1v) is 14.1. The summed E-state index contributed by atoms with van der Waals surface area (Å²) in [5.41, 5.74) is -1.31. The second-order valence-electron chi connectivity index (χ2n) is 15.1. The molecule has 0 aromatic rings. The standard InChI is InChI=1S/C30H50O4/c1-25(2)21-17-23(32)30(8)20(27(21,5)14-12-22(25)31)10-9-18-19(11-15-28(18,30)6)29(7)16-13-24(34-29)26(3,4)33/h18-21,23-24,32-33H,9-17H2,1-8H3/t18-,19+,20-,21+,23+,24-,27-,28-,29+,30+/m1/s1. The molecule has 1 heterocycles. The molecule has 2 N–H and O–H groups in total. The summed E-state index contributed by atoms with van der Waals surface area (Å²) in [6.07, 6.45) is 8.51. The van der Waals surface area contributed by atoms with Crippen molar-refractivity contribution in [1.82, 2.24) is 0 Å². The van der Waals surface area contributed by atoms with Crippen LogP contribution < -0.4 is 0 Å². The van der Waals surface area contributed by atoms with Crippen LogP contribution in [0.5, 0.6) is 0 Å². The van der Waals surface area contributed by atoms with Gasteiger partial charge in [-0.1, -0.05) is 34.6 Å². The van der Waals surface area contributed by atoms with Crippen LogP contribution in [0.1, 0.15) is 113 Å². The van der Waals surface area contributed by atoms with Crippen LogP contribution in [0, 0.1) is 45.3 Å². The van der Waals surface area contributed by atoms with Crippen molar-refractivity contribution < 1.29 is 19.7 Å². The molecule has 5 aliphatic rings. The molecule has 0 unspecified atom stereocenters. The van der Waals surface area contributed by atoms with Gasteiger partial charge in [-0.15, -0.1) is 0 Å². The highest BCUT2D eigenvalue weighted by Crippen LogP contribution is 2.75. The molecule has 0 radical (unpaired) electrons. The van der Waals surface area contributed by atoms with E-state index in [1.165, 1.54) is 6.42 Å². The molecule has 0 aromatic heterocycles. The van der Waals surface area contributed by atoms with Gasteiger partial charge >= 0.3 is 0 Å². The summed E-state index contributed by atoms with van der Waals surface area (Å²) in [6, 6.07) is 0. The first-order chi connectivity index (χ1) is 15.5. The zero-order chi connectivity index (χ0) is 25.1. The van der Waals surface area contributed by atoms with E-state index in [2.05, 4.69) is 41.5 Å². The van der Waals surface area contributed by atoms with Gasteiger partial charge in [0.05, 0.1) is 23.4 Å². The summed E-state index contributed by atoms with van der Waals surface area (Å²) in [7, 11) is 0. The van der Waals surface area contributed by atoms with Crippen LogP contribution in [-0.4, -0.2) is 39.4 Å². The van der Waals surface area contributed by atoms with Crippen molar-refractivity contribution in [2.24, 2.45) is 45.3 Å². The molecular formula is C30H50O4. The Kier molecular flexibility index (Phi) is 5.42. The van der Waals surface area contributed by atoms with Crippen molar-refractivity contribution in [3.63, 3.8) is 0 Å². The largest absolute Gasteiger partial charge is 0.393 e. The minimum absolute atomic E-state index is 0.0682. The summed E-state index contributed by atoms with van der Waals surface area (Å²) in [4.78, 5) is 12.9. The lowest BCUT2D eigenvalue weighted by Gasteiger charge is -2.70. The third kappa shape index (κ3) is 3.03. The van der Waals surface area contributed by atoms with Gasteiger partial charge in [0.25, 0.3) is 0 Å². The first-order valence-electron chi connectivity index (χ1n) is 14.1. The Labute approximate surface area is 207 Å². The van der Waals surface area contributed by atoms with Crippen molar-refractivity contribution in [2.75, 3.05) is 0 Å². The Morgan fingerprint density at radius 1 is 0.882 bits per heavy atom. The van der Waals surface area contributed by atoms with Crippen molar-refractivity contribution in [3.8, 4) is 0 Å². The second kappa shape index (κ2) is 7.32. The van der Waals surface area contributed by atoms with Gasteiger partial charge in [-0.2, -0.15) is 0 Å². The maximum absolute atomic E-state index is 12.9. The predicted molar refractivity (Wildman–Crippen MR) is 134 cm³/mol. The lowest BCUT2D eigenvalue weighted by Crippen LogP contribution is -2.68. The molecule has 4 saturated carbocycles. The summed E-state index contributed by atoms with van der Waals surface area (Å²) in [6.45, 7) is 17.7. The van der Waals surface area contributed by atoms with E-state index in [1.807, 2.05) is 13.8 Å². The molecule has 0 bridgehead atoms. The SMILES string of the molecule is CC(C)(O)[C@H]1CC[C@@](C)([C@H]2CC[C@]3(C)[C@@H]2CC[C@@H]2[C@@]4(C)CCC(=O)C(C)(C)[C@@H]4C[C@H](O)[C@]23C)O1. The lowest BCUT2D eigenvalue weighted by atomic mass is 9.35. The molecule has 4 heteroatoms. The molecule has 1 aliphatic heterocycles. The zero-order valence-electron chi connectivity index (χ0n) is 23.0. The first kappa shape index (κ1) is 25.2. The van der Waals surface area contributed by atoms with E-state index < -0.39 is 5.60 Å². The molecule has 4 nitrogen and oxygen atoms in total. The molecule has 5 rings (SSSR count). The number of rotatable bonds is 2. The molecule has 0 spiro atoms. The monoisotopic (exact) mass is 474 g/mol. The maximum Gasteiger partial charge on any atom is 0.138 e. The highest BCUT2D eigenvalue weighted by molar-refractivity contribution is 5.85. The number of aliphatic hydroxyl groups excluding tert-OH is 1. The number of hydrogen-bond donors (Lipinski definition) is 2. The average Bonchev–Trinajstić information content (AvgIpc) is 3.30. The topological polar surface area (TPSA) is 66.8 Å². The molecule has 34 heavy (non-hydrogen) atoms. The number of aliphatic hydroxyl groups is 2. The Hall–Kier alpha value is -0.450. The van der Waals surface area contributed by atoms with Gasteiger partial charge in [-0.05, 0) is 107 Å². The van der Waals surface area contributed by atoms with Gasteiger partial charge in [-0.3, -0.25) is 4.79 Å². The van der Waals surface area contributed by atoms with E-state index >= 15 is 0 Å². The molecule has 1 saturated heterocycles. The number of carbonyl (C=O) groups is 1.